The zero-order chi connectivity index (χ0) is 22.7. The van der Waals surface area contributed by atoms with Crippen LogP contribution < -0.4 is 9.64 Å². The highest BCUT2D eigenvalue weighted by Gasteiger charge is 2.36. The number of fused-ring (bicyclic) bond motifs is 1. The zero-order valence-corrected chi connectivity index (χ0v) is 18.7. The molecule has 0 N–H and O–H groups in total. The van der Waals surface area contributed by atoms with Crippen molar-refractivity contribution in [3.8, 4) is 16.9 Å². The Morgan fingerprint density at radius 1 is 1.00 bits per heavy atom. The Morgan fingerprint density at radius 3 is 2.38 bits per heavy atom. The molecule has 3 aromatic rings. The number of halogens is 1. The molecule has 5 heteroatoms. The summed E-state index contributed by atoms with van der Waals surface area (Å²) in [5, 5.41) is 0. The van der Waals surface area contributed by atoms with Crippen molar-refractivity contribution >= 4 is 11.6 Å². The van der Waals surface area contributed by atoms with Crippen molar-refractivity contribution in [1.29, 1.82) is 0 Å². The number of amides is 1. The Kier molecular flexibility index (Phi) is 6.28. The number of hydrogen-bond donors (Lipinski definition) is 0. The van der Waals surface area contributed by atoms with Gasteiger partial charge in [0.1, 0.15) is 11.6 Å². The maximum absolute atomic E-state index is 13.4. The van der Waals surface area contributed by atoms with E-state index in [1.54, 1.807) is 33.1 Å². The number of ether oxygens (including phenoxy) is 2. The lowest BCUT2D eigenvalue weighted by Gasteiger charge is -2.36. The molecule has 3 aromatic carbocycles. The molecule has 0 aromatic heterocycles. The van der Waals surface area contributed by atoms with E-state index < -0.39 is 5.60 Å². The lowest BCUT2D eigenvalue weighted by atomic mass is 9.94. The van der Waals surface area contributed by atoms with Crippen molar-refractivity contribution in [2.45, 2.75) is 38.9 Å². The number of carbonyl (C=O) groups is 1. The summed E-state index contributed by atoms with van der Waals surface area (Å²) in [6.07, 6.45) is 1.82. The van der Waals surface area contributed by atoms with E-state index >= 15 is 0 Å². The molecule has 0 bridgehead atoms. The third-order valence-electron chi connectivity index (χ3n) is 5.74. The maximum atomic E-state index is 13.4. The van der Waals surface area contributed by atoms with E-state index in [9.17, 15) is 9.18 Å². The molecule has 1 heterocycles. The molecular weight excluding hydrogens is 405 g/mol. The number of anilines is 1. The van der Waals surface area contributed by atoms with Crippen molar-refractivity contribution in [2.24, 2.45) is 0 Å². The number of nitrogens with zero attached hydrogens (tertiary/aromatic N) is 1. The van der Waals surface area contributed by atoms with Crippen molar-refractivity contribution in [3.05, 3.63) is 83.7 Å². The monoisotopic (exact) mass is 433 g/mol. The van der Waals surface area contributed by atoms with Crippen molar-refractivity contribution < 1.29 is 18.7 Å². The van der Waals surface area contributed by atoms with Gasteiger partial charge >= 0.3 is 0 Å². The van der Waals surface area contributed by atoms with E-state index in [4.69, 9.17) is 9.47 Å². The Hall–Kier alpha value is -3.18. The normalized spacial score (nSPS) is 13.6. The van der Waals surface area contributed by atoms with Gasteiger partial charge in [-0.3, -0.25) is 4.79 Å². The quantitative estimate of drug-likeness (QED) is 0.495. The fourth-order valence-electron chi connectivity index (χ4n) is 4.11. The van der Waals surface area contributed by atoms with E-state index in [1.165, 1.54) is 12.1 Å². The first-order chi connectivity index (χ1) is 15.4. The number of aryl methyl sites for hydroxylation is 1. The molecule has 0 atom stereocenters. The van der Waals surface area contributed by atoms with Gasteiger partial charge in [0, 0.05) is 19.3 Å². The summed E-state index contributed by atoms with van der Waals surface area (Å²) < 4.78 is 24.3. The highest BCUT2D eigenvalue weighted by Crippen LogP contribution is 2.34. The van der Waals surface area contributed by atoms with Crippen LogP contribution in [0.3, 0.4) is 0 Å². The number of benzene rings is 3. The minimum absolute atomic E-state index is 0.112. The van der Waals surface area contributed by atoms with Gasteiger partial charge in [0.25, 0.3) is 5.91 Å². The summed E-state index contributed by atoms with van der Waals surface area (Å²) in [5.74, 6) is 0.0178. The van der Waals surface area contributed by atoms with Crippen LogP contribution in [-0.4, -0.2) is 25.2 Å². The van der Waals surface area contributed by atoms with E-state index in [1.807, 2.05) is 11.0 Å². The van der Waals surface area contributed by atoms with E-state index in [0.717, 1.165) is 40.8 Å². The van der Waals surface area contributed by atoms with Crippen LogP contribution in [0.5, 0.6) is 5.75 Å². The summed E-state index contributed by atoms with van der Waals surface area (Å²) in [6, 6.07) is 20.3. The van der Waals surface area contributed by atoms with Gasteiger partial charge in [-0.2, -0.15) is 0 Å². The summed E-state index contributed by atoms with van der Waals surface area (Å²) >= 11 is 0. The van der Waals surface area contributed by atoms with Crippen LogP contribution in [0.4, 0.5) is 10.1 Å². The Balaban J connectivity index is 1.56. The smallest absolute Gasteiger partial charge is 0.270 e. The first-order valence-electron chi connectivity index (χ1n) is 10.8. The lowest BCUT2D eigenvalue weighted by molar-refractivity contribution is -0.131. The fraction of sp³-hybridized carbons (Fsp3) is 0.296. The standard InChI is InChI=1S/C27H28FNO3/c1-27(2,32-24-13-11-23(28)12-14-24)26(30)29-16-4-5-22-17-21(10-15-25(22)29)20-8-6-19(7-9-20)18-31-3/h6-15,17H,4-5,16,18H2,1-3H3. The molecule has 0 saturated carbocycles. The average molecular weight is 434 g/mol. The third-order valence-corrected chi connectivity index (χ3v) is 5.74. The molecule has 4 nitrogen and oxygen atoms in total. The molecule has 4 rings (SSSR count). The Labute approximate surface area is 188 Å². The summed E-state index contributed by atoms with van der Waals surface area (Å²) in [4.78, 5) is 15.2. The van der Waals surface area contributed by atoms with Crippen LogP contribution in [-0.2, 0) is 22.6 Å². The van der Waals surface area contributed by atoms with Gasteiger partial charge in [0.15, 0.2) is 5.60 Å². The molecule has 1 amide bonds. The predicted molar refractivity (Wildman–Crippen MR) is 124 cm³/mol. The number of rotatable bonds is 6. The minimum Gasteiger partial charge on any atom is -0.478 e. The van der Waals surface area contributed by atoms with Gasteiger partial charge in [0.2, 0.25) is 0 Å². The van der Waals surface area contributed by atoms with Crippen LogP contribution in [0.25, 0.3) is 11.1 Å². The minimum atomic E-state index is -1.08. The molecule has 0 fully saturated rings. The Morgan fingerprint density at radius 2 is 1.69 bits per heavy atom. The zero-order valence-electron chi connectivity index (χ0n) is 18.7. The molecule has 0 aliphatic carbocycles. The van der Waals surface area contributed by atoms with Crippen LogP contribution in [0.2, 0.25) is 0 Å². The second-order valence-electron chi connectivity index (χ2n) is 8.60. The van der Waals surface area contributed by atoms with Gasteiger partial charge < -0.3 is 14.4 Å². The van der Waals surface area contributed by atoms with Crippen LogP contribution in [0.1, 0.15) is 31.4 Å². The fourth-order valence-corrected chi connectivity index (χ4v) is 4.11. The highest BCUT2D eigenvalue weighted by molar-refractivity contribution is 6.00. The SMILES string of the molecule is COCc1ccc(-c2ccc3c(c2)CCCN3C(=O)C(C)(C)Oc2ccc(F)cc2)cc1. The van der Waals surface area contributed by atoms with Gasteiger partial charge in [0.05, 0.1) is 6.61 Å². The number of carbonyl (C=O) groups excluding carboxylic acids is 1. The van der Waals surface area contributed by atoms with Crippen LogP contribution in [0, 0.1) is 5.82 Å². The van der Waals surface area contributed by atoms with Crippen LogP contribution >= 0.6 is 0 Å². The van der Waals surface area contributed by atoms with Crippen molar-refractivity contribution in [1.82, 2.24) is 0 Å². The molecule has 1 aliphatic heterocycles. The summed E-state index contributed by atoms with van der Waals surface area (Å²) in [7, 11) is 1.69. The van der Waals surface area contributed by atoms with E-state index in [-0.39, 0.29) is 11.7 Å². The first-order valence-corrected chi connectivity index (χ1v) is 10.8. The summed E-state index contributed by atoms with van der Waals surface area (Å²) in [5.41, 5.74) is 4.40. The van der Waals surface area contributed by atoms with Gasteiger partial charge in [-0.05, 0) is 85.3 Å². The molecule has 1 aliphatic rings. The highest BCUT2D eigenvalue weighted by atomic mass is 19.1. The van der Waals surface area contributed by atoms with Gasteiger partial charge in [-0.15, -0.1) is 0 Å². The average Bonchev–Trinajstić information content (AvgIpc) is 2.80. The largest absolute Gasteiger partial charge is 0.478 e. The van der Waals surface area contributed by atoms with E-state index in [2.05, 4.69) is 36.4 Å². The molecule has 0 unspecified atom stereocenters. The first kappa shape index (κ1) is 22.0. The van der Waals surface area contributed by atoms with Gasteiger partial charge in [-0.25, -0.2) is 4.39 Å². The number of hydrogen-bond acceptors (Lipinski definition) is 3. The summed E-state index contributed by atoms with van der Waals surface area (Å²) in [6.45, 7) is 4.75. The molecule has 0 radical (unpaired) electrons. The van der Waals surface area contributed by atoms with Gasteiger partial charge in [-0.1, -0.05) is 30.3 Å². The third kappa shape index (κ3) is 4.68. The predicted octanol–water partition coefficient (Wildman–Crippen LogP) is 5.78. The van der Waals surface area contributed by atoms with E-state index in [0.29, 0.717) is 18.9 Å². The van der Waals surface area contributed by atoms with Crippen molar-refractivity contribution in [2.75, 3.05) is 18.6 Å². The maximum Gasteiger partial charge on any atom is 0.270 e. The molecular formula is C27H28FNO3. The number of methoxy groups -OCH3 is 1. The van der Waals surface area contributed by atoms with Crippen molar-refractivity contribution in [3.63, 3.8) is 0 Å². The Bertz CT molecular complexity index is 1090. The van der Waals surface area contributed by atoms with Crippen LogP contribution in [0.15, 0.2) is 66.7 Å². The topological polar surface area (TPSA) is 38.8 Å². The molecule has 32 heavy (non-hydrogen) atoms. The molecule has 0 saturated heterocycles. The molecule has 0 spiro atoms. The second kappa shape index (κ2) is 9.13. The second-order valence-corrected chi connectivity index (χ2v) is 8.60. The lowest BCUT2D eigenvalue weighted by Crippen LogP contribution is -2.50. The molecule has 166 valence electrons.